The van der Waals surface area contributed by atoms with Crippen LogP contribution in [0.15, 0.2) is 43.0 Å². The quantitative estimate of drug-likeness (QED) is 0.843. The van der Waals surface area contributed by atoms with E-state index in [0.717, 1.165) is 12.6 Å². The summed E-state index contributed by atoms with van der Waals surface area (Å²) in [6.45, 7) is 0.965. The zero-order valence-corrected chi connectivity index (χ0v) is 9.13. The predicted molar refractivity (Wildman–Crippen MR) is 63.4 cm³/mol. The molecule has 16 heavy (non-hydrogen) atoms. The minimum absolute atomic E-state index is 0.761. The van der Waals surface area contributed by atoms with Crippen molar-refractivity contribution in [1.82, 2.24) is 14.9 Å². The Morgan fingerprint density at radius 1 is 1.38 bits per heavy atom. The number of hydrogen-bond acceptors (Lipinski definition) is 2. The third kappa shape index (κ3) is 2.14. The molecule has 1 aliphatic rings. The second-order valence-corrected chi connectivity index (χ2v) is 4.30. The summed E-state index contributed by atoms with van der Waals surface area (Å²) in [7, 11) is 0. The third-order valence-electron chi connectivity index (χ3n) is 2.89. The van der Waals surface area contributed by atoms with Gasteiger partial charge in [-0.3, -0.25) is 0 Å². The molecule has 0 unspecified atom stereocenters. The van der Waals surface area contributed by atoms with E-state index in [1.54, 1.807) is 6.20 Å². The Morgan fingerprint density at radius 2 is 2.31 bits per heavy atom. The molecule has 3 nitrogen and oxygen atoms in total. The van der Waals surface area contributed by atoms with Gasteiger partial charge in [-0.05, 0) is 30.5 Å². The molecule has 0 aliphatic heterocycles. The van der Waals surface area contributed by atoms with Crippen molar-refractivity contribution in [3.63, 3.8) is 0 Å². The number of rotatable bonds is 4. The molecule has 0 atom stereocenters. The molecule has 1 fully saturated rings. The van der Waals surface area contributed by atoms with Gasteiger partial charge >= 0.3 is 0 Å². The van der Waals surface area contributed by atoms with Gasteiger partial charge in [0, 0.05) is 30.7 Å². The van der Waals surface area contributed by atoms with Gasteiger partial charge in [-0.1, -0.05) is 12.1 Å². The molecule has 3 rings (SSSR count). The third-order valence-corrected chi connectivity index (χ3v) is 2.89. The molecule has 0 radical (unpaired) electrons. The first kappa shape index (κ1) is 9.60. The fourth-order valence-corrected chi connectivity index (χ4v) is 1.79. The number of imidazole rings is 1. The number of benzene rings is 1. The molecule has 82 valence electrons. The van der Waals surface area contributed by atoms with Crippen molar-refractivity contribution < 1.29 is 0 Å². The van der Waals surface area contributed by atoms with E-state index in [0.29, 0.717) is 0 Å². The van der Waals surface area contributed by atoms with Crippen LogP contribution in [0, 0.1) is 0 Å². The Kier molecular flexibility index (Phi) is 2.46. The van der Waals surface area contributed by atoms with Gasteiger partial charge in [0.2, 0.25) is 0 Å². The molecule has 1 aromatic heterocycles. The molecule has 1 N–H and O–H groups in total. The van der Waals surface area contributed by atoms with Gasteiger partial charge in [0.05, 0.1) is 6.33 Å². The Bertz CT molecular complexity index is 458. The lowest BCUT2D eigenvalue weighted by Gasteiger charge is -2.06. The van der Waals surface area contributed by atoms with E-state index in [4.69, 9.17) is 0 Å². The van der Waals surface area contributed by atoms with E-state index < -0.39 is 0 Å². The van der Waals surface area contributed by atoms with Crippen LogP contribution in [-0.4, -0.2) is 15.6 Å². The van der Waals surface area contributed by atoms with Crippen molar-refractivity contribution in [2.24, 2.45) is 0 Å². The maximum atomic E-state index is 4.06. The SMILES string of the molecule is c1cc(CNC2CC2)cc(-n2ccnc2)c1. The fourth-order valence-electron chi connectivity index (χ4n) is 1.79. The van der Waals surface area contributed by atoms with Crippen LogP contribution in [0.25, 0.3) is 5.69 Å². The number of aromatic nitrogens is 2. The predicted octanol–water partition coefficient (Wildman–Crippen LogP) is 2.12. The molecule has 1 heterocycles. The summed E-state index contributed by atoms with van der Waals surface area (Å²) in [6.07, 6.45) is 8.26. The first-order valence-corrected chi connectivity index (χ1v) is 5.72. The molecule has 1 aliphatic carbocycles. The van der Waals surface area contributed by atoms with Crippen LogP contribution in [0.3, 0.4) is 0 Å². The zero-order valence-electron chi connectivity index (χ0n) is 9.13. The van der Waals surface area contributed by atoms with E-state index in [9.17, 15) is 0 Å². The van der Waals surface area contributed by atoms with Crippen molar-refractivity contribution in [1.29, 1.82) is 0 Å². The smallest absolute Gasteiger partial charge is 0.0991 e. The first-order valence-electron chi connectivity index (χ1n) is 5.72. The van der Waals surface area contributed by atoms with E-state index in [1.807, 2.05) is 17.1 Å². The Hall–Kier alpha value is -1.61. The van der Waals surface area contributed by atoms with Crippen molar-refractivity contribution in [3.05, 3.63) is 48.5 Å². The number of nitrogens with zero attached hydrogens (tertiary/aromatic N) is 2. The average Bonchev–Trinajstić information content (AvgIpc) is 2.99. The van der Waals surface area contributed by atoms with Crippen LogP contribution >= 0.6 is 0 Å². The maximum Gasteiger partial charge on any atom is 0.0991 e. The molecule has 0 spiro atoms. The summed E-state index contributed by atoms with van der Waals surface area (Å²) in [5.74, 6) is 0. The standard InChI is InChI=1S/C13H15N3/c1-2-11(9-15-12-4-5-12)8-13(3-1)16-7-6-14-10-16/h1-3,6-8,10,12,15H,4-5,9H2. The van der Waals surface area contributed by atoms with Crippen LogP contribution < -0.4 is 5.32 Å². The molecule has 3 heteroatoms. The van der Waals surface area contributed by atoms with Gasteiger partial charge in [-0.2, -0.15) is 0 Å². The van der Waals surface area contributed by atoms with Crippen LogP contribution in [0.2, 0.25) is 0 Å². The highest BCUT2D eigenvalue weighted by molar-refractivity contribution is 5.35. The Balaban J connectivity index is 1.76. The lowest BCUT2D eigenvalue weighted by Crippen LogP contribution is -2.15. The van der Waals surface area contributed by atoms with Crippen molar-refractivity contribution >= 4 is 0 Å². The molecule has 2 aromatic rings. The zero-order chi connectivity index (χ0) is 10.8. The van der Waals surface area contributed by atoms with Crippen LogP contribution in [0.1, 0.15) is 18.4 Å². The minimum Gasteiger partial charge on any atom is -0.310 e. The highest BCUT2D eigenvalue weighted by Crippen LogP contribution is 2.19. The highest BCUT2D eigenvalue weighted by Gasteiger charge is 2.19. The lowest BCUT2D eigenvalue weighted by atomic mass is 10.2. The van der Waals surface area contributed by atoms with Gasteiger partial charge in [0.1, 0.15) is 0 Å². The van der Waals surface area contributed by atoms with Gasteiger partial charge < -0.3 is 9.88 Å². The molecular formula is C13H15N3. The first-order chi connectivity index (χ1) is 7.92. The monoisotopic (exact) mass is 213 g/mol. The van der Waals surface area contributed by atoms with Gasteiger partial charge in [0.25, 0.3) is 0 Å². The molecule has 1 aromatic carbocycles. The molecule has 0 amide bonds. The van der Waals surface area contributed by atoms with Crippen molar-refractivity contribution in [2.75, 3.05) is 0 Å². The van der Waals surface area contributed by atoms with Crippen molar-refractivity contribution in [2.45, 2.75) is 25.4 Å². The normalized spacial score (nSPS) is 15.2. The lowest BCUT2D eigenvalue weighted by molar-refractivity contribution is 0.687. The summed E-state index contributed by atoms with van der Waals surface area (Å²) in [6, 6.07) is 9.32. The largest absolute Gasteiger partial charge is 0.310 e. The Morgan fingerprint density at radius 3 is 3.06 bits per heavy atom. The van der Waals surface area contributed by atoms with E-state index in [2.05, 4.69) is 34.6 Å². The van der Waals surface area contributed by atoms with Crippen LogP contribution in [0.5, 0.6) is 0 Å². The van der Waals surface area contributed by atoms with Crippen LogP contribution in [0.4, 0.5) is 0 Å². The second-order valence-electron chi connectivity index (χ2n) is 4.30. The summed E-state index contributed by atoms with van der Waals surface area (Å²) in [5.41, 5.74) is 2.51. The summed E-state index contributed by atoms with van der Waals surface area (Å²) >= 11 is 0. The van der Waals surface area contributed by atoms with E-state index in [-0.39, 0.29) is 0 Å². The van der Waals surface area contributed by atoms with E-state index >= 15 is 0 Å². The van der Waals surface area contributed by atoms with Crippen molar-refractivity contribution in [3.8, 4) is 5.69 Å². The molecular weight excluding hydrogens is 198 g/mol. The van der Waals surface area contributed by atoms with Gasteiger partial charge in [-0.25, -0.2) is 4.98 Å². The average molecular weight is 213 g/mol. The number of hydrogen-bond donors (Lipinski definition) is 1. The van der Waals surface area contributed by atoms with E-state index in [1.165, 1.54) is 24.1 Å². The van der Waals surface area contributed by atoms with Gasteiger partial charge in [-0.15, -0.1) is 0 Å². The fraction of sp³-hybridized carbons (Fsp3) is 0.308. The topological polar surface area (TPSA) is 29.9 Å². The second kappa shape index (κ2) is 4.10. The summed E-state index contributed by atoms with van der Waals surface area (Å²) < 4.78 is 2.03. The molecule has 0 bridgehead atoms. The summed E-state index contributed by atoms with van der Waals surface area (Å²) in [4.78, 5) is 4.06. The van der Waals surface area contributed by atoms with Gasteiger partial charge in [0.15, 0.2) is 0 Å². The van der Waals surface area contributed by atoms with Crippen LogP contribution in [-0.2, 0) is 6.54 Å². The maximum absolute atomic E-state index is 4.06. The molecule has 1 saturated carbocycles. The minimum atomic E-state index is 0.761. The number of nitrogens with one attached hydrogen (secondary N) is 1. The summed E-state index contributed by atoms with van der Waals surface area (Å²) in [5, 5.41) is 3.52. The molecule has 0 saturated heterocycles. The highest BCUT2D eigenvalue weighted by atomic mass is 15.0. The Labute approximate surface area is 95.1 Å².